The van der Waals surface area contributed by atoms with Gasteiger partial charge in [-0.05, 0) is 58.7 Å². The molecule has 7 heteroatoms. The Hall–Kier alpha value is -1.67. The maximum Gasteiger partial charge on any atom is 0.240 e. The van der Waals surface area contributed by atoms with Crippen LogP contribution in [0.4, 0.5) is 0 Å². The quantitative estimate of drug-likeness (QED) is 0.503. The average molecular weight is 411 g/mol. The highest BCUT2D eigenvalue weighted by atomic mass is 16.7. The van der Waals surface area contributed by atoms with Crippen LogP contribution in [0.15, 0.2) is 24.3 Å². The number of amides is 1. The van der Waals surface area contributed by atoms with Gasteiger partial charge in [0, 0.05) is 26.9 Å². The maximum atomic E-state index is 13.0. The Kier molecular flexibility index (Phi) is 11.2. The van der Waals surface area contributed by atoms with Crippen LogP contribution in [0, 0.1) is 0 Å². The van der Waals surface area contributed by atoms with Crippen molar-refractivity contribution in [2.75, 3.05) is 40.0 Å². The first kappa shape index (κ1) is 25.4. The predicted octanol–water partition coefficient (Wildman–Crippen LogP) is 2.61. The van der Waals surface area contributed by atoms with Crippen LogP contribution in [0.3, 0.4) is 0 Å². The van der Waals surface area contributed by atoms with Gasteiger partial charge in [-0.2, -0.15) is 0 Å². The Balaban J connectivity index is 2.76. The summed E-state index contributed by atoms with van der Waals surface area (Å²) in [6, 6.07) is 7.03. The van der Waals surface area contributed by atoms with Crippen molar-refractivity contribution in [2.24, 2.45) is 5.73 Å². The first-order valence-corrected chi connectivity index (χ1v) is 10.2. The van der Waals surface area contributed by atoms with Gasteiger partial charge in [0.15, 0.2) is 6.29 Å². The number of nitrogens with two attached hydrogens (primary N) is 1. The van der Waals surface area contributed by atoms with Crippen molar-refractivity contribution in [2.45, 2.75) is 59.0 Å². The Bertz CT molecular complexity index is 580. The van der Waals surface area contributed by atoms with Gasteiger partial charge in [0.25, 0.3) is 0 Å². The highest BCUT2D eigenvalue weighted by Gasteiger charge is 2.24. The number of ether oxygens (including phenoxy) is 4. The van der Waals surface area contributed by atoms with Crippen LogP contribution >= 0.6 is 0 Å². The Morgan fingerprint density at radius 3 is 2.17 bits per heavy atom. The molecule has 0 radical (unpaired) electrons. The molecule has 2 N–H and O–H groups in total. The van der Waals surface area contributed by atoms with E-state index in [-0.39, 0.29) is 11.5 Å². The molecule has 0 aliphatic rings. The molecule has 0 heterocycles. The van der Waals surface area contributed by atoms with E-state index in [1.54, 1.807) is 12.0 Å². The second-order valence-corrected chi connectivity index (χ2v) is 7.79. The molecular weight excluding hydrogens is 372 g/mol. The molecule has 0 aliphatic carbocycles. The summed E-state index contributed by atoms with van der Waals surface area (Å²) in [6.07, 6.45) is -0.0432. The maximum absolute atomic E-state index is 13.0. The van der Waals surface area contributed by atoms with Gasteiger partial charge in [0.2, 0.25) is 5.91 Å². The lowest BCUT2D eigenvalue weighted by molar-refractivity contribution is -0.160. The van der Waals surface area contributed by atoms with E-state index >= 15 is 0 Å². The van der Waals surface area contributed by atoms with Crippen LogP contribution in [0.1, 0.15) is 40.2 Å². The molecule has 1 aromatic carbocycles. The van der Waals surface area contributed by atoms with Crippen molar-refractivity contribution in [1.82, 2.24) is 4.90 Å². The summed E-state index contributed by atoms with van der Waals surface area (Å²) in [6.45, 7) is 12.0. The highest BCUT2D eigenvalue weighted by molar-refractivity contribution is 5.82. The molecule has 0 saturated carbocycles. The van der Waals surface area contributed by atoms with Crippen molar-refractivity contribution in [3.8, 4) is 5.75 Å². The van der Waals surface area contributed by atoms with E-state index in [0.717, 1.165) is 11.3 Å². The van der Waals surface area contributed by atoms with Gasteiger partial charge in [-0.3, -0.25) is 4.79 Å². The zero-order chi connectivity index (χ0) is 21.9. The average Bonchev–Trinajstić information content (AvgIpc) is 2.65. The number of methoxy groups -OCH3 is 1. The van der Waals surface area contributed by atoms with E-state index < -0.39 is 12.3 Å². The molecule has 0 spiro atoms. The molecule has 0 bridgehead atoms. The smallest absolute Gasteiger partial charge is 0.240 e. The number of carbonyl (C=O) groups is 1. The molecule has 0 fully saturated rings. The van der Waals surface area contributed by atoms with E-state index in [0.29, 0.717) is 39.3 Å². The Morgan fingerprint density at radius 2 is 1.69 bits per heavy atom. The monoisotopic (exact) mass is 410 g/mol. The molecule has 166 valence electrons. The fraction of sp³-hybridized carbons (Fsp3) is 0.682. The van der Waals surface area contributed by atoms with Crippen LogP contribution in [0.2, 0.25) is 0 Å². The minimum atomic E-state index is -0.662. The SMILES string of the molecule is CCOC(CN(CCOC)C(=O)[C@@H](N)Cc1ccc(OC(C)(C)C)cc1)OCC. The van der Waals surface area contributed by atoms with E-state index in [1.165, 1.54) is 0 Å². The molecule has 1 atom stereocenters. The minimum Gasteiger partial charge on any atom is -0.488 e. The zero-order valence-electron chi connectivity index (χ0n) is 18.8. The molecule has 1 rings (SSSR count). The van der Waals surface area contributed by atoms with Gasteiger partial charge in [0.05, 0.1) is 19.2 Å². The first-order chi connectivity index (χ1) is 13.7. The number of hydrogen-bond donors (Lipinski definition) is 1. The molecule has 0 aromatic heterocycles. The number of rotatable bonds is 13. The van der Waals surface area contributed by atoms with Crippen LogP contribution in [0.5, 0.6) is 5.75 Å². The Labute approximate surface area is 175 Å². The molecule has 29 heavy (non-hydrogen) atoms. The fourth-order valence-corrected chi connectivity index (χ4v) is 2.82. The van der Waals surface area contributed by atoms with Gasteiger partial charge in [-0.25, -0.2) is 0 Å². The van der Waals surface area contributed by atoms with Crippen LogP contribution in [0.25, 0.3) is 0 Å². The first-order valence-electron chi connectivity index (χ1n) is 10.2. The third-order valence-corrected chi connectivity index (χ3v) is 4.07. The van der Waals surface area contributed by atoms with Crippen LogP contribution < -0.4 is 10.5 Å². The molecule has 0 unspecified atom stereocenters. The van der Waals surface area contributed by atoms with Gasteiger partial charge >= 0.3 is 0 Å². The van der Waals surface area contributed by atoms with Gasteiger partial charge in [-0.15, -0.1) is 0 Å². The van der Waals surface area contributed by atoms with Crippen LogP contribution in [-0.4, -0.2) is 68.8 Å². The van der Waals surface area contributed by atoms with Gasteiger partial charge in [0.1, 0.15) is 11.4 Å². The largest absolute Gasteiger partial charge is 0.488 e. The zero-order valence-corrected chi connectivity index (χ0v) is 18.8. The number of carbonyl (C=O) groups excluding carboxylic acids is 1. The molecule has 7 nitrogen and oxygen atoms in total. The van der Waals surface area contributed by atoms with E-state index in [9.17, 15) is 4.79 Å². The number of benzene rings is 1. The van der Waals surface area contributed by atoms with E-state index in [1.807, 2.05) is 58.9 Å². The molecular formula is C22H38N2O5. The topological polar surface area (TPSA) is 83.3 Å². The Morgan fingerprint density at radius 1 is 1.10 bits per heavy atom. The standard InChI is InChI=1S/C22H38N2O5/c1-7-27-20(28-8-2)16-24(13-14-26-6)21(25)19(23)15-17-9-11-18(12-10-17)29-22(3,4)5/h9-12,19-20H,7-8,13-16,23H2,1-6H3/t19-/m0/s1. The third kappa shape index (κ3) is 10.1. The van der Waals surface area contributed by atoms with Gasteiger partial charge < -0.3 is 29.6 Å². The van der Waals surface area contributed by atoms with Gasteiger partial charge in [-0.1, -0.05) is 12.1 Å². The molecule has 0 aliphatic heterocycles. The summed E-state index contributed by atoms with van der Waals surface area (Å²) in [5.41, 5.74) is 6.96. The molecule has 1 aromatic rings. The summed E-state index contributed by atoms with van der Waals surface area (Å²) >= 11 is 0. The van der Waals surface area contributed by atoms with Crippen molar-refractivity contribution < 1.29 is 23.7 Å². The second kappa shape index (κ2) is 12.8. The normalized spacial score (nSPS) is 12.8. The van der Waals surface area contributed by atoms with Crippen molar-refractivity contribution in [1.29, 1.82) is 0 Å². The summed E-state index contributed by atoms with van der Waals surface area (Å²) < 4.78 is 22.1. The van der Waals surface area contributed by atoms with Crippen LogP contribution in [-0.2, 0) is 25.4 Å². The van der Waals surface area contributed by atoms with Crippen molar-refractivity contribution >= 4 is 5.91 Å². The third-order valence-electron chi connectivity index (χ3n) is 4.07. The summed E-state index contributed by atoms with van der Waals surface area (Å²) in [7, 11) is 1.60. The fourth-order valence-electron chi connectivity index (χ4n) is 2.82. The lowest BCUT2D eigenvalue weighted by atomic mass is 10.0. The summed E-state index contributed by atoms with van der Waals surface area (Å²) in [4.78, 5) is 14.6. The highest BCUT2D eigenvalue weighted by Crippen LogP contribution is 2.19. The minimum absolute atomic E-state index is 0.151. The predicted molar refractivity (Wildman–Crippen MR) is 114 cm³/mol. The molecule has 0 saturated heterocycles. The van der Waals surface area contributed by atoms with Crippen molar-refractivity contribution in [3.05, 3.63) is 29.8 Å². The lowest BCUT2D eigenvalue weighted by Gasteiger charge is -2.29. The van der Waals surface area contributed by atoms with E-state index in [4.69, 9.17) is 24.7 Å². The number of nitrogens with zero attached hydrogens (tertiary/aromatic N) is 1. The number of hydrogen-bond acceptors (Lipinski definition) is 6. The van der Waals surface area contributed by atoms with Crippen molar-refractivity contribution in [3.63, 3.8) is 0 Å². The second-order valence-electron chi connectivity index (χ2n) is 7.79. The summed E-state index contributed by atoms with van der Waals surface area (Å²) in [5, 5.41) is 0. The summed E-state index contributed by atoms with van der Waals surface area (Å²) in [5.74, 6) is 0.639. The van der Waals surface area contributed by atoms with E-state index in [2.05, 4.69) is 0 Å². The molecule has 1 amide bonds. The lowest BCUT2D eigenvalue weighted by Crippen LogP contribution is -2.49.